The summed E-state index contributed by atoms with van der Waals surface area (Å²) in [6.45, 7) is 3.59. The fourth-order valence-electron chi connectivity index (χ4n) is 2.53. The van der Waals surface area contributed by atoms with Gasteiger partial charge >= 0.3 is 0 Å². The molecule has 106 valence electrons. The van der Waals surface area contributed by atoms with Crippen molar-refractivity contribution in [3.63, 3.8) is 0 Å². The van der Waals surface area contributed by atoms with Gasteiger partial charge in [-0.1, -0.05) is 17.7 Å². The first-order chi connectivity index (χ1) is 9.20. The SMILES string of the molecule is CC(Oc1cccc(Cl)c1)C(NN)C1CCCOC1. The fraction of sp³-hybridized carbons (Fsp3) is 0.571. The molecule has 0 aliphatic carbocycles. The highest BCUT2D eigenvalue weighted by Crippen LogP contribution is 2.23. The van der Waals surface area contributed by atoms with Crippen molar-refractivity contribution < 1.29 is 9.47 Å². The number of nitrogens with two attached hydrogens (primary N) is 1. The highest BCUT2D eigenvalue weighted by atomic mass is 35.5. The van der Waals surface area contributed by atoms with Gasteiger partial charge < -0.3 is 9.47 Å². The topological polar surface area (TPSA) is 56.5 Å². The van der Waals surface area contributed by atoms with Gasteiger partial charge in [-0.25, -0.2) is 0 Å². The molecule has 0 aromatic heterocycles. The molecule has 1 aromatic rings. The number of hydrazine groups is 1. The Morgan fingerprint density at radius 2 is 2.37 bits per heavy atom. The molecule has 1 fully saturated rings. The van der Waals surface area contributed by atoms with Gasteiger partial charge in [-0.2, -0.15) is 0 Å². The van der Waals surface area contributed by atoms with Crippen LogP contribution in [0.15, 0.2) is 24.3 Å². The summed E-state index contributed by atoms with van der Waals surface area (Å²) in [5.41, 5.74) is 2.87. The van der Waals surface area contributed by atoms with E-state index in [0.29, 0.717) is 10.9 Å². The van der Waals surface area contributed by atoms with Gasteiger partial charge in [0.15, 0.2) is 0 Å². The Balaban J connectivity index is 1.97. The van der Waals surface area contributed by atoms with E-state index in [1.807, 2.05) is 31.2 Å². The molecule has 4 nitrogen and oxygen atoms in total. The summed E-state index contributed by atoms with van der Waals surface area (Å²) in [5, 5.41) is 0.669. The van der Waals surface area contributed by atoms with E-state index < -0.39 is 0 Å². The van der Waals surface area contributed by atoms with Gasteiger partial charge in [-0.05, 0) is 38.0 Å². The van der Waals surface area contributed by atoms with E-state index in [0.717, 1.165) is 31.8 Å². The van der Waals surface area contributed by atoms with E-state index in [-0.39, 0.29) is 12.1 Å². The van der Waals surface area contributed by atoms with Crippen molar-refractivity contribution in [3.05, 3.63) is 29.3 Å². The Morgan fingerprint density at radius 3 is 3.00 bits per heavy atom. The third-order valence-corrected chi connectivity index (χ3v) is 3.75. The maximum absolute atomic E-state index is 5.95. The lowest BCUT2D eigenvalue weighted by Crippen LogP contribution is -2.52. The first-order valence-electron chi connectivity index (χ1n) is 6.67. The number of hydrogen-bond acceptors (Lipinski definition) is 4. The number of benzene rings is 1. The zero-order chi connectivity index (χ0) is 13.7. The quantitative estimate of drug-likeness (QED) is 0.644. The van der Waals surface area contributed by atoms with E-state index in [1.165, 1.54) is 0 Å². The van der Waals surface area contributed by atoms with Crippen molar-refractivity contribution >= 4 is 11.6 Å². The van der Waals surface area contributed by atoms with E-state index >= 15 is 0 Å². The first-order valence-corrected chi connectivity index (χ1v) is 7.04. The molecule has 1 saturated heterocycles. The molecule has 1 aliphatic heterocycles. The van der Waals surface area contributed by atoms with E-state index in [9.17, 15) is 0 Å². The van der Waals surface area contributed by atoms with Crippen molar-refractivity contribution in [2.75, 3.05) is 13.2 Å². The summed E-state index contributed by atoms with van der Waals surface area (Å²) in [7, 11) is 0. The molecule has 0 radical (unpaired) electrons. The van der Waals surface area contributed by atoms with Crippen LogP contribution in [0, 0.1) is 5.92 Å². The molecule has 2 rings (SSSR count). The number of nitrogens with one attached hydrogen (secondary N) is 1. The number of halogens is 1. The zero-order valence-electron chi connectivity index (χ0n) is 11.1. The van der Waals surface area contributed by atoms with Gasteiger partial charge in [0.05, 0.1) is 12.6 Å². The van der Waals surface area contributed by atoms with Crippen LogP contribution in [-0.2, 0) is 4.74 Å². The molecule has 3 unspecified atom stereocenters. The molecule has 5 heteroatoms. The van der Waals surface area contributed by atoms with Crippen LogP contribution in [0.1, 0.15) is 19.8 Å². The van der Waals surface area contributed by atoms with Gasteiger partial charge in [0.2, 0.25) is 0 Å². The Labute approximate surface area is 119 Å². The monoisotopic (exact) mass is 284 g/mol. The van der Waals surface area contributed by atoms with Crippen molar-refractivity contribution in [1.82, 2.24) is 5.43 Å². The van der Waals surface area contributed by atoms with Crippen molar-refractivity contribution in [2.24, 2.45) is 11.8 Å². The third kappa shape index (κ3) is 4.08. The van der Waals surface area contributed by atoms with Gasteiger partial charge in [-0.15, -0.1) is 0 Å². The Kier molecular flexibility index (Phi) is 5.45. The number of rotatable bonds is 5. The minimum Gasteiger partial charge on any atom is -0.489 e. The van der Waals surface area contributed by atoms with Crippen LogP contribution in [-0.4, -0.2) is 25.4 Å². The molecule has 1 aromatic carbocycles. The third-order valence-electron chi connectivity index (χ3n) is 3.52. The van der Waals surface area contributed by atoms with Gasteiger partial charge in [-0.3, -0.25) is 11.3 Å². The van der Waals surface area contributed by atoms with Crippen LogP contribution in [0.4, 0.5) is 0 Å². The molecular weight excluding hydrogens is 264 g/mol. The second kappa shape index (κ2) is 7.10. The number of hydrogen-bond donors (Lipinski definition) is 2. The van der Waals surface area contributed by atoms with Gasteiger partial charge in [0.25, 0.3) is 0 Å². The highest BCUT2D eigenvalue weighted by molar-refractivity contribution is 6.30. The van der Waals surface area contributed by atoms with Crippen molar-refractivity contribution in [2.45, 2.75) is 31.9 Å². The average Bonchev–Trinajstić information content (AvgIpc) is 2.41. The van der Waals surface area contributed by atoms with Crippen molar-refractivity contribution in [3.8, 4) is 5.75 Å². The van der Waals surface area contributed by atoms with Gasteiger partial charge in [0.1, 0.15) is 11.9 Å². The first kappa shape index (κ1) is 14.6. The number of ether oxygens (including phenoxy) is 2. The Bertz CT molecular complexity index is 397. The lowest BCUT2D eigenvalue weighted by atomic mass is 9.91. The molecule has 0 bridgehead atoms. The summed E-state index contributed by atoms with van der Waals surface area (Å²) in [6.07, 6.45) is 2.14. The second-order valence-corrected chi connectivity index (χ2v) is 5.39. The van der Waals surface area contributed by atoms with Crippen LogP contribution >= 0.6 is 11.6 Å². The molecule has 0 spiro atoms. The minimum absolute atomic E-state index is 0.0461. The molecule has 19 heavy (non-hydrogen) atoms. The average molecular weight is 285 g/mol. The van der Waals surface area contributed by atoms with Crippen LogP contribution < -0.4 is 16.0 Å². The lowest BCUT2D eigenvalue weighted by Gasteiger charge is -2.33. The molecule has 0 saturated carbocycles. The van der Waals surface area contributed by atoms with Crippen LogP contribution in [0.2, 0.25) is 5.02 Å². The highest BCUT2D eigenvalue weighted by Gasteiger charge is 2.29. The standard InChI is InChI=1S/C14H21ClN2O2/c1-10(19-13-6-2-5-12(15)8-13)14(17-16)11-4-3-7-18-9-11/h2,5-6,8,10-11,14,17H,3-4,7,9,16H2,1H3. The summed E-state index contributed by atoms with van der Waals surface area (Å²) in [5.74, 6) is 6.82. The normalized spacial score (nSPS) is 22.8. The smallest absolute Gasteiger partial charge is 0.121 e. The predicted octanol–water partition coefficient (Wildman–Crippen LogP) is 2.37. The Hall–Kier alpha value is -0.810. The maximum atomic E-state index is 5.95. The zero-order valence-corrected chi connectivity index (χ0v) is 11.9. The predicted molar refractivity (Wildman–Crippen MR) is 76.2 cm³/mol. The summed E-state index contributed by atoms with van der Waals surface area (Å²) >= 11 is 5.95. The lowest BCUT2D eigenvalue weighted by molar-refractivity contribution is 0.0159. The molecule has 3 N–H and O–H groups in total. The fourth-order valence-corrected chi connectivity index (χ4v) is 2.71. The van der Waals surface area contributed by atoms with Crippen LogP contribution in [0.5, 0.6) is 5.75 Å². The summed E-state index contributed by atoms with van der Waals surface area (Å²) in [6, 6.07) is 7.47. The summed E-state index contributed by atoms with van der Waals surface area (Å²) in [4.78, 5) is 0. The van der Waals surface area contributed by atoms with Crippen LogP contribution in [0.25, 0.3) is 0 Å². The van der Waals surface area contributed by atoms with E-state index in [2.05, 4.69) is 5.43 Å². The maximum Gasteiger partial charge on any atom is 0.121 e. The summed E-state index contributed by atoms with van der Waals surface area (Å²) < 4.78 is 11.4. The molecular formula is C14H21ClN2O2. The van der Waals surface area contributed by atoms with Gasteiger partial charge in [0, 0.05) is 17.5 Å². The van der Waals surface area contributed by atoms with E-state index in [1.54, 1.807) is 0 Å². The van der Waals surface area contributed by atoms with Crippen LogP contribution in [0.3, 0.4) is 0 Å². The minimum atomic E-state index is -0.0461. The van der Waals surface area contributed by atoms with Crippen molar-refractivity contribution in [1.29, 1.82) is 0 Å². The van der Waals surface area contributed by atoms with E-state index in [4.69, 9.17) is 26.9 Å². The molecule has 0 amide bonds. The molecule has 1 aliphatic rings. The largest absolute Gasteiger partial charge is 0.489 e. The molecule has 3 atom stereocenters. The second-order valence-electron chi connectivity index (χ2n) is 4.95. The molecule has 1 heterocycles. The Morgan fingerprint density at radius 1 is 1.53 bits per heavy atom.